The predicted molar refractivity (Wildman–Crippen MR) is 96.6 cm³/mol. The van der Waals surface area contributed by atoms with Crippen molar-refractivity contribution in [1.29, 1.82) is 0 Å². The molecule has 126 valence electrons. The lowest BCUT2D eigenvalue weighted by Gasteiger charge is -2.19. The second kappa shape index (κ2) is 6.25. The van der Waals surface area contributed by atoms with Crippen LogP contribution in [0.1, 0.15) is 16.5 Å². The van der Waals surface area contributed by atoms with Crippen molar-refractivity contribution < 1.29 is 14.3 Å². The van der Waals surface area contributed by atoms with E-state index >= 15 is 0 Å². The smallest absolute Gasteiger partial charge is 0.276 e. The Kier molecular flexibility index (Phi) is 3.93. The van der Waals surface area contributed by atoms with Crippen LogP contribution in [0.2, 0.25) is 0 Å². The number of methoxy groups -OCH3 is 1. The van der Waals surface area contributed by atoms with Gasteiger partial charge in [-0.25, -0.2) is 5.01 Å². The van der Waals surface area contributed by atoms with Gasteiger partial charge in [-0.2, -0.15) is 5.10 Å². The Balaban J connectivity index is 1.70. The number of anilines is 1. The molecule has 1 atom stereocenters. The lowest BCUT2D eigenvalue weighted by molar-refractivity contribution is -0.128. The van der Waals surface area contributed by atoms with Gasteiger partial charge in [0.05, 0.1) is 18.6 Å². The summed E-state index contributed by atoms with van der Waals surface area (Å²) in [6.45, 7) is 0. The van der Waals surface area contributed by atoms with Crippen molar-refractivity contribution in [3.63, 3.8) is 0 Å². The molecule has 2 aliphatic rings. The Morgan fingerprint density at radius 2 is 1.92 bits per heavy atom. The van der Waals surface area contributed by atoms with E-state index in [0.717, 1.165) is 11.3 Å². The molecule has 7 heteroatoms. The van der Waals surface area contributed by atoms with Crippen LogP contribution in [0.25, 0.3) is 0 Å². The summed E-state index contributed by atoms with van der Waals surface area (Å²) in [7, 11) is 1.61. The first-order chi connectivity index (χ1) is 12.2. The quantitative estimate of drug-likeness (QED) is 0.921. The van der Waals surface area contributed by atoms with Gasteiger partial charge in [-0.1, -0.05) is 30.3 Å². The second-order valence-electron chi connectivity index (χ2n) is 5.62. The predicted octanol–water partition coefficient (Wildman–Crippen LogP) is 2.63. The van der Waals surface area contributed by atoms with Gasteiger partial charge in [0, 0.05) is 5.56 Å². The maximum atomic E-state index is 12.3. The first-order valence-electron chi connectivity index (χ1n) is 7.74. The SMILES string of the molecule is COc1ccc(C2SCC(=O)N2/N=C2/C(=O)Nc3ccccc32)cc1. The van der Waals surface area contributed by atoms with Crippen molar-refractivity contribution in [2.24, 2.45) is 5.10 Å². The molecule has 1 fully saturated rings. The minimum Gasteiger partial charge on any atom is -0.497 e. The van der Waals surface area contributed by atoms with Crippen LogP contribution in [-0.4, -0.2) is 35.4 Å². The van der Waals surface area contributed by atoms with Crippen LogP contribution in [0.4, 0.5) is 5.69 Å². The van der Waals surface area contributed by atoms with E-state index in [1.54, 1.807) is 7.11 Å². The molecule has 2 aromatic rings. The molecular weight excluding hydrogens is 338 g/mol. The Morgan fingerprint density at radius 1 is 1.16 bits per heavy atom. The highest BCUT2D eigenvalue weighted by atomic mass is 32.2. The first-order valence-corrected chi connectivity index (χ1v) is 8.79. The lowest BCUT2D eigenvalue weighted by atomic mass is 10.1. The van der Waals surface area contributed by atoms with Crippen molar-refractivity contribution in [3.8, 4) is 5.75 Å². The third kappa shape index (κ3) is 2.76. The van der Waals surface area contributed by atoms with Crippen molar-refractivity contribution >= 4 is 35.0 Å². The third-order valence-corrected chi connectivity index (χ3v) is 5.30. The highest BCUT2D eigenvalue weighted by molar-refractivity contribution is 8.00. The number of ether oxygens (including phenoxy) is 1. The summed E-state index contributed by atoms with van der Waals surface area (Å²) in [5.74, 6) is 0.673. The van der Waals surface area contributed by atoms with Crippen molar-refractivity contribution in [2.75, 3.05) is 18.2 Å². The van der Waals surface area contributed by atoms with E-state index in [4.69, 9.17) is 4.74 Å². The fraction of sp³-hybridized carbons (Fsp3) is 0.167. The summed E-state index contributed by atoms with van der Waals surface area (Å²) in [5, 5.41) is 8.34. The highest BCUT2D eigenvalue weighted by Gasteiger charge is 2.35. The number of carbonyl (C=O) groups excluding carboxylic acids is 2. The molecule has 0 bridgehead atoms. The number of hydrogen-bond acceptors (Lipinski definition) is 5. The Labute approximate surface area is 148 Å². The van der Waals surface area contributed by atoms with Crippen LogP contribution in [-0.2, 0) is 9.59 Å². The summed E-state index contributed by atoms with van der Waals surface area (Å²) in [5.41, 5.74) is 2.63. The number of rotatable bonds is 3. The van der Waals surface area contributed by atoms with Crippen molar-refractivity contribution in [1.82, 2.24) is 5.01 Å². The molecule has 0 radical (unpaired) electrons. The second-order valence-corrected chi connectivity index (χ2v) is 6.69. The average molecular weight is 353 g/mol. The average Bonchev–Trinajstić information content (AvgIpc) is 3.16. The number of hydrazone groups is 1. The number of amides is 2. The zero-order valence-electron chi connectivity index (χ0n) is 13.4. The Bertz CT molecular complexity index is 879. The van der Waals surface area contributed by atoms with Gasteiger partial charge in [-0.3, -0.25) is 9.59 Å². The fourth-order valence-electron chi connectivity index (χ4n) is 2.84. The largest absolute Gasteiger partial charge is 0.497 e. The summed E-state index contributed by atoms with van der Waals surface area (Å²) >= 11 is 1.49. The van der Waals surface area contributed by atoms with Gasteiger partial charge in [-0.15, -0.1) is 11.8 Å². The molecule has 25 heavy (non-hydrogen) atoms. The minimum atomic E-state index is -0.292. The van der Waals surface area contributed by atoms with Crippen LogP contribution in [0.3, 0.4) is 0 Å². The van der Waals surface area contributed by atoms with Gasteiger partial charge in [0.1, 0.15) is 11.1 Å². The van der Waals surface area contributed by atoms with Crippen LogP contribution in [0, 0.1) is 0 Å². The zero-order valence-corrected chi connectivity index (χ0v) is 14.2. The Hall–Kier alpha value is -2.80. The highest BCUT2D eigenvalue weighted by Crippen LogP contribution is 2.40. The molecule has 2 amide bonds. The standard InChI is InChI=1S/C18H15N3O3S/c1-24-12-8-6-11(7-9-12)18-21(15(22)10-25-18)20-16-13-4-2-3-5-14(13)19-17(16)23/h2-9,18H,10H2,1H3,(H,19,20,23). The number of nitrogens with zero attached hydrogens (tertiary/aromatic N) is 2. The maximum Gasteiger partial charge on any atom is 0.276 e. The molecular formula is C18H15N3O3S. The van der Waals surface area contributed by atoms with Crippen molar-refractivity contribution in [3.05, 3.63) is 59.7 Å². The van der Waals surface area contributed by atoms with E-state index in [0.29, 0.717) is 17.0 Å². The van der Waals surface area contributed by atoms with Gasteiger partial charge in [0.15, 0.2) is 5.71 Å². The van der Waals surface area contributed by atoms with Gasteiger partial charge in [-0.05, 0) is 23.8 Å². The summed E-state index contributed by atoms with van der Waals surface area (Å²) in [6.07, 6.45) is 0. The topological polar surface area (TPSA) is 71.0 Å². The molecule has 1 unspecified atom stereocenters. The lowest BCUT2D eigenvalue weighted by Crippen LogP contribution is -2.27. The number of nitrogens with one attached hydrogen (secondary N) is 1. The van der Waals surface area contributed by atoms with Crippen LogP contribution in [0.15, 0.2) is 53.6 Å². The van der Waals surface area contributed by atoms with Gasteiger partial charge >= 0.3 is 0 Å². The molecule has 6 nitrogen and oxygen atoms in total. The first kappa shape index (κ1) is 15.7. The third-order valence-electron chi connectivity index (χ3n) is 4.10. The maximum absolute atomic E-state index is 12.3. The van der Waals surface area contributed by atoms with E-state index in [1.807, 2.05) is 48.5 Å². The molecule has 0 spiro atoms. The molecule has 2 aromatic carbocycles. The molecule has 2 aliphatic heterocycles. The molecule has 0 aliphatic carbocycles. The van der Waals surface area contributed by atoms with Gasteiger partial charge < -0.3 is 10.1 Å². The molecule has 0 saturated carbocycles. The van der Waals surface area contributed by atoms with E-state index in [2.05, 4.69) is 10.4 Å². The van der Waals surface area contributed by atoms with Crippen molar-refractivity contribution in [2.45, 2.75) is 5.37 Å². The molecule has 4 rings (SSSR count). The minimum absolute atomic E-state index is 0.115. The Morgan fingerprint density at radius 3 is 2.68 bits per heavy atom. The number of hydrogen-bond donors (Lipinski definition) is 1. The van der Waals surface area contributed by atoms with Crippen LogP contribution < -0.4 is 10.1 Å². The molecule has 2 heterocycles. The van der Waals surface area contributed by atoms with Gasteiger partial charge in [0.2, 0.25) is 0 Å². The number of benzene rings is 2. The van der Waals surface area contributed by atoms with Gasteiger partial charge in [0.25, 0.3) is 11.8 Å². The van der Waals surface area contributed by atoms with Crippen LogP contribution >= 0.6 is 11.8 Å². The number of para-hydroxylation sites is 1. The summed E-state index contributed by atoms with van der Waals surface area (Å²) in [6, 6.07) is 14.8. The number of thioether (sulfide) groups is 1. The van der Waals surface area contributed by atoms with Crippen LogP contribution in [0.5, 0.6) is 5.75 Å². The molecule has 1 saturated heterocycles. The number of carbonyl (C=O) groups is 2. The fourth-order valence-corrected chi connectivity index (χ4v) is 3.93. The normalized spacial score (nSPS) is 20.8. The van der Waals surface area contributed by atoms with E-state index < -0.39 is 0 Å². The monoisotopic (exact) mass is 353 g/mol. The number of fused-ring (bicyclic) bond motifs is 1. The molecule has 0 aromatic heterocycles. The van der Waals surface area contributed by atoms with E-state index in [1.165, 1.54) is 16.8 Å². The zero-order chi connectivity index (χ0) is 17.4. The summed E-state index contributed by atoms with van der Waals surface area (Å²) in [4.78, 5) is 24.6. The summed E-state index contributed by atoms with van der Waals surface area (Å²) < 4.78 is 5.17. The van der Waals surface area contributed by atoms with E-state index in [-0.39, 0.29) is 22.9 Å². The van der Waals surface area contributed by atoms with E-state index in [9.17, 15) is 9.59 Å². The molecule has 1 N–H and O–H groups in total.